The van der Waals surface area contributed by atoms with E-state index in [1.54, 1.807) is 19.1 Å². The van der Waals surface area contributed by atoms with Gasteiger partial charge in [0, 0.05) is 86.8 Å². The average molecular weight is 1100 g/mol. The number of nitrogens with one attached hydrogen (secondary N) is 3. The molecule has 0 aromatic carbocycles. The number of hydrogen-bond donors (Lipinski definition) is 3. The van der Waals surface area contributed by atoms with Crippen LogP contribution in [-0.4, -0.2) is 105 Å². The summed E-state index contributed by atoms with van der Waals surface area (Å²) in [7, 11) is 0. The van der Waals surface area contributed by atoms with E-state index < -0.39 is 23.9 Å². The molecule has 19 heteroatoms. The number of esters is 2. The summed E-state index contributed by atoms with van der Waals surface area (Å²) in [6.45, 7) is 5.69. The maximum absolute atomic E-state index is 13.5. The summed E-state index contributed by atoms with van der Waals surface area (Å²) >= 11 is 5.91. The fourth-order valence-electron chi connectivity index (χ4n) is 10.1. The number of aryl methyl sites for hydroxylation is 6. The molecule has 77 heavy (non-hydrogen) atoms. The Labute approximate surface area is 458 Å². The van der Waals surface area contributed by atoms with Gasteiger partial charge in [0.1, 0.15) is 47.3 Å². The summed E-state index contributed by atoms with van der Waals surface area (Å²) in [4.78, 5) is 53.0. The molecule has 0 amide bonds. The van der Waals surface area contributed by atoms with E-state index in [0.29, 0.717) is 61.8 Å². The quantitative estimate of drug-likeness (QED) is 0.0248. The number of nitrogens with zero attached hydrogens (tertiary/aromatic N) is 7. The zero-order valence-electron chi connectivity index (χ0n) is 45.6. The molecular formula is C58H83ClF4N10O4. The molecule has 0 unspecified atom stereocenters. The van der Waals surface area contributed by atoms with Gasteiger partial charge in [-0.1, -0.05) is 75.1 Å². The Kier molecular flexibility index (Phi) is 25.8. The Bertz CT molecular complexity index is 2390. The van der Waals surface area contributed by atoms with Crippen LogP contribution >= 0.6 is 11.6 Å². The number of pyridine rings is 2. The molecule has 14 nitrogen and oxygen atoms in total. The number of piperidine rings is 2. The van der Waals surface area contributed by atoms with E-state index in [2.05, 4.69) is 60.2 Å². The van der Waals surface area contributed by atoms with Crippen LogP contribution in [0.4, 0.5) is 35.0 Å². The molecule has 2 aliphatic carbocycles. The summed E-state index contributed by atoms with van der Waals surface area (Å²) in [6, 6.07) is 11.4. The number of carbonyl (C=O) groups excluding carboxylic acids is 2. The number of carbonyl (C=O) groups is 2. The van der Waals surface area contributed by atoms with Gasteiger partial charge in [0.15, 0.2) is 0 Å². The van der Waals surface area contributed by atoms with Crippen LogP contribution in [-0.2, 0) is 57.6 Å². The molecule has 424 valence electrons. The molecular weight excluding hydrogens is 1010 g/mol. The van der Waals surface area contributed by atoms with Crippen LogP contribution in [0.5, 0.6) is 0 Å². The Morgan fingerprint density at radius 2 is 1.06 bits per heavy atom. The van der Waals surface area contributed by atoms with Crippen LogP contribution in [0.25, 0.3) is 0 Å². The van der Waals surface area contributed by atoms with Crippen molar-refractivity contribution < 1.29 is 36.6 Å². The van der Waals surface area contributed by atoms with E-state index in [0.717, 1.165) is 83.5 Å². The molecule has 8 rings (SSSR count). The van der Waals surface area contributed by atoms with Crippen molar-refractivity contribution in [1.29, 1.82) is 0 Å². The maximum atomic E-state index is 13.5. The zero-order chi connectivity index (χ0) is 54.7. The molecule has 2 atom stereocenters. The Hall–Kier alpha value is -5.23. The lowest BCUT2D eigenvalue weighted by atomic mass is 9.95. The van der Waals surface area contributed by atoms with Gasteiger partial charge in [-0.05, 0) is 127 Å². The molecule has 0 saturated carbocycles. The van der Waals surface area contributed by atoms with Gasteiger partial charge in [-0.25, -0.2) is 47.1 Å². The number of rotatable bonds is 25. The summed E-state index contributed by atoms with van der Waals surface area (Å²) in [5.74, 6) is -3.92. The van der Waals surface area contributed by atoms with Crippen molar-refractivity contribution in [2.75, 3.05) is 54.9 Å². The molecule has 4 aromatic heterocycles. The van der Waals surface area contributed by atoms with Crippen LogP contribution < -0.4 is 20.9 Å². The first-order valence-electron chi connectivity index (χ1n) is 28.6. The van der Waals surface area contributed by atoms with E-state index in [-0.39, 0.29) is 50.7 Å². The van der Waals surface area contributed by atoms with Crippen molar-refractivity contribution in [2.24, 2.45) is 0 Å². The summed E-state index contributed by atoms with van der Waals surface area (Å²) in [5, 5.41) is 9.54. The van der Waals surface area contributed by atoms with Crippen molar-refractivity contribution in [3.8, 4) is 0 Å². The first-order chi connectivity index (χ1) is 37.3. The molecule has 2 saturated heterocycles. The Morgan fingerprint density at radius 3 is 1.55 bits per heavy atom. The highest BCUT2D eigenvalue weighted by Crippen LogP contribution is 2.31. The van der Waals surface area contributed by atoms with Crippen molar-refractivity contribution in [1.82, 2.24) is 35.2 Å². The number of alkyl halides is 4. The lowest BCUT2D eigenvalue weighted by Crippen LogP contribution is -2.39. The molecule has 0 radical (unpaired) electrons. The van der Waals surface area contributed by atoms with Crippen molar-refractivity contribution in [3.05, 3.63) is 88.1 Å². The van der Waals surface area contributed by atoms with Gasteiger partial charge >= 0.3 is 11.9 Å². The number of aromatic nitrogens is 6. The number of unbranched alkanes of at least 4 members (excludes halogenated alkanes) is 8. The highest BCUT2D eigenvalue weighted by Gasteiger charge is 2.35. The summed E-state index contributed by atoms with van der Waals surface area (Å²) in [5.41, 5.74) is 7.95. The highest BCUT2D eigenvalue weighted by atomic mass is 35.5. The number of ether oxygens (including phenoxy) is 2. The van der Waals surface area contributed by atoms with Crippen molar-refractivity contribution in [2.45, 2.75) is 205 Å². The van der Waals surface area contributed by atoms with Crippen molar-refractivity contribution in [3.63, 3.8) is 0 Å². The molecule has 4 aliphatic rings. The van der Waals surface area contributed by atoms with E-state index in [9.17, 15) is 27.2 Å². The molecule has 4 aromatic rings. The van der Waals surface area contributed by atoms with Crippen molar-refractivity contribution >= 4 is 41.0 Å². The van der Waals surface area contributed by atoms with E-state index in [1.807, 2.05) is 11.8 Å². The maximum Gasteiger partial charge on any atom is 0.328 e. The lowest BCUT2D eigenvalue weighted by molar-refractivity contribution is -0.145. The van der Waals surface area contributed by atoms with E-state index in [1.165, 1.54) is 91.5 Å². The average Bonchev–Trinajstić information content (AvgIpc) is 3.42. The van der Waals surface area contributed by atoms with Crippen LogP contribution in [0.2, 0.25) is 5.15 Å². The zero-order valence-corrected chi connectivity index (χ0v) is 46.3. The number of halogens is 5. The number of fused-ring (bicyclic) bond motifs is 2. The minimum absolute atomic E-state index is 0.00694. The minimum atomic E-state index is -2.61. The molecule has 0 bridgehead atoms. The van der Waals surface area contributed by atoms with E-state index >= 15 is 0 Å². The SMILES string of the molecule is CCOC(=O)[C@H](CCCCCCCc1ccc2c(n1)CCCC2)Nc1cc(Cl)ncn1.CCOC(=O)[C@H](CCCCCCCc1ccc2c(n1)CCCC2)Nc1cc(N2CCC(F)(F)CC2)ncn1.FC1(F)CCNCC1. The van der Waals surface area contributed by atoms with Crippen LogP contribution in [0.3, 0.4) is 0 Å². The number of hydrogen-bond acceptors (Lipinski definition) is 14. The van der Waals surface area contributed by atoms with Gasteiger partial charge in [-0.15, -0.1) is 0 Å². The third-order valence-electron chi connectivity index (χ3n) is 14.5. The minimum Gasteiger partial charge on any atom is -0.464 e. The van der Waals surface area contributed by atoms with Gasteiger partial charge < -0.3 is 30.3 Å². The summed E-state index contributed by atoms with van der Waals surface area (Å²) in [6.07, 6.45) is 26.4. The van der Waals surface area contributed by atoms with Gasteiger partial charge in [0.2, 0.25) is 0 Å². The van der Waals surface area contributed by atoms with Gasteiger partial charge in [0.25, 0.3) is 11.8 Å². The second-order valence-corrected chi connectivity index (χ2v) is 21.1. The standard InChI is InChI=1S/C29H41F2N5O2.C24H33ClN4O2.C5H9F2N/c1-2-38-28(37)25(35-26-20-27(33-21-32-26)36-18-16-29(30,31)17-19-36)13-7-5-3-4-6-11-23-15-14-22-10-8-9-12-24(22)34-23;1-2-31-24(30)21(29-23-16-22(25)26-17-27-23)13-7-5-3-4-6-11-19-15-14-18-10-8-9-12-20(18)28-19;6-5(7)1-3-8-4-2-5/h14-15,20-21,25H,2-13,16-19H2,1H3,(H,32,33,35);14-17,21H,2-13H2,1H3,(H,26,27,29);8H,1-4H2/t25-;21-;/m00./s1. The smallest absolute Gasteiger partial charge is 0.328 e. The fourth-order valence-corrected chi connectivity index (χ4v) is 10.3. The van der Waals surface area contributed by atoms with E-state index in [4.69, 9.17) is 31.0 Å². The van der Waals surface area contributed by atoms with Gasteiger partial charge in [-0.2, -0.15) is 0 Å². The normalized spacial score (nSPS) is 17.2. The van der Waals surface area contributed by atoms with Gasteiger partial charge in [0.05, 0.1) is 13.2 Å². The fraction of sp³-hybridized carbons (Fsp3) is 0.655. The van der Waals surface area contributed by atoms with Gasteiger partial charge in [-0.3, -0.25) is 9.97 Å². The topological polar surface area (TPSA) is 169 Å². The first-order valence-corrected chi connectivity index (χ1v) is 29.0. The molecule has 2 fully saturated rings. The lowest BCUT2D eigenvalue weighted by Gasteiger charge is -2.32. The number of anilines is 3. The Morgan fingerprint density at radius 1 is 0.610 bits per heavy atom. The second-order valence-electron chi connectivity index (χ2n) is 20.7. The first kappa shape index (κ1) is 61.0. The summed E-state index contributed by atoms with van der Waals surface area (Å²) < 4.78 is 61.9. The van der Waals surface area contributed by atoms with Crippen LogP contribution in [0.15, 0.2) is 49.1 Å². The molecule has 3 N–H and O–H groups in total. The molecule has 6 heterocycles. The monoisotopic (exact) mass is 1090 g/mol. The molecule has 0 spiro atoms. The Balaban J connectivity index is 0.000000221. The predicted octanol–water partition coefficient (Wildman–Crippen LogP) is 12.2. The predicted molar refractivity (Wildman–Crippen MR) is 295 cm³/mol. The highest BCUT2D eigenvalue weighted by molar-refractivity contribution is 6.29. The molecule has 2 aliphatic heterocycles. The second kappa shape index (κ2) is 32.6. The third kappa shape index (κ3) is 22.2. The third-order valence-corrected chi connectivity index (χ3v) is 14.8. The van der Waals surface area contributed by atoms with Crippen LogP contribution in [0, 0.1) is 0 Å². The largest absolute Gasteiger partial charge is 0.464 e. The van der Waals surface area contributed by atoms with Crippen LogP contribution in [0.1, 0.15) is 176 Å².